The van der Waals surface area contributed by atoms with Crippen LogP contribution in [0, 0.1) is 11.3 Å². The molecule has 0 radical (unpaired) electrons. The second kappa shape index (κ2) is 5.86. The average Bonchev–Trinajstić information content (AvgIpc) is 3.05. The molecule has 5 heteroatoms. The molecule has 0 fully saturated rings. The van der Waals surface area contributed by atoms with Crippen LogP contribution in [0.2, 0.25) is 0 Å². The van der Waals surface area contributed by atoms with Crippen molar-refractivity contribution < 1.29 is 0 Å². The highest BCUT2D eigenvalue weighted by Crippen LogP contribution is 2.22. The van der Waals surface area contributed by atoms with E-state index >= 15 is 0 Å². The highest BCUT2D eigenvalue weighted by Gasteiger charge is 2.09. The predicted octanol–water partition coefficient (Wildman–Crippen LogP) is 4.01. The number of rotatable bonds is 3. The molecule has 0 aliphatic heterocycles. The first-order valence-electron chi connectivity index (χ1n) is 7.52. The van der Waals surface area contributed by atoms with Gasteiger partial charge in [0.2, 0.25) is 5.95 Å². The van der Waals surface area contributed by atoms with Gasteiger partial charge in [0.05, 0.1) is 17.3 Å². The van der Waals surface area contributed by atoms with Crippen molar-refractivity contribution in [3.8, 4) is 17.3 Å². The molecule has 0 bridgehead atoms. The zero-order chi connectivity index (χ0) is 16.4. The summed E-state index contributed by atoms with van der Waals surface area (Å²) in [6.07, 6.45) is 0. The summed E-state index contributed by atoms with van der Waals surface area (Å²) < 4.78 is 1.81. The maximum absolute atomic E-state index is 8.99. The van der Waals surface area contributed by atoms with Crippen molar-refractivity contribution in [2.75, 3.05) is 5.32 Å². The second-order valence-corrected chi connectivity index (χ2v) is 5.30. The van der Waals surface area contributed by atoms with Crippen LogP contribution in [0.15, 0.2) is 72.8 Å². The Morgan fingerprint density at radius 1 is 0.917 bits per heavy atom. The lowest BCUT2D eigenvalue weighted by Crippen LogP contribution is -1.95. The van der Waals surface area contributed by atoms with Gasteiger partial charge in [-0.25, -0.2) is 4.52 Å². The molecular weight excluding hydrogens is 298 g/mol. The van der Waals surface area contributed by atoms with Crippen LogP contribution in [0.4, 0.5) is 11.6 Å². The molecule has 2 aromatic heterocycles. The van der Waals surface area contributed by atoms with E-state index in [0.29, 0.717) is 11.5 Å². The first kappa shape index (κ1) is 14.0. The summed E-state index contributed by atoms with van der Waals surface area (Å²) in [5.74, 6) is 0.494. The maximum atomic E-state index is 8.99. The van der Waals surface area contributed by atoms with Gasteiger partial charge in [-0.3, -0.25) is 0 Å². The largest absolute Gasteiger partial charge is 0.323 e. The number of benzene rings is 2. The topological polar surface area (TPSA) is 66.0 Å². The Kier molecular flexibility index (Phi) is 3.41. The zero-order valence-electron chi connectivity index (χ0n) is 12.7. The Morgan fingerprint density at radius 3 is 2.58 bits per heavy atom. The standard InChI is InChI=1S/C19H13N5/c20-13-14-6-4-9-16(12-14)21-19-22-18-11-5-10-17(24(18)23-19)15-7-2-1-3-8-15/h1-12H,(H,21,23). The molecule has 0 unspecified atom stereocenters. The Labute approximate surface area is 138 Å². The molecule has 2 aromatic carbocycles. The molecule has 5 nitrogen and oxygen atoms in total. The molecule has 0 aliphatic rings. The van der Waals surface area contributed by atoms with Crippen molar-refractivity contribution in [2.24, 2.45) is 0 Å². The number of hydrogen-bond donors (Lipinski definition) is 1. The molecule has 2 heterocycles. The van der Waals surface area contributed by atoms with Gasteiger partial charge in [0.15, 0.2) is 5.65 Å². The third kappa shape index (κ3) is 2.57. The monoisotopic (exact) mass is 311 g/mol. The molecule has 0 saturated heterocycles. The van der Waals surface area contributed by atoms with Gasteiger partial charge in [0.1, 0.15) is 0 Å². The zero-order valence-corrected chi connectivity index (χ0v) is 12.7. The summed E-state index contributed by atoms with van der Waals surface area (Å²) in [6.45, 7) is 0. The summed E-state index contributed by atoms with van der Waals surface area (Å²) in [7, 11) is 0. The van der Waals surface area contributed by atoms with E-state index in [0.717, 1.165) is 22.6 Å². The minimum atomic E-state index is 0.494. The fraction of sp³-hybridized carbons (Fsp3) is 0. The van der Waals surface area contributed by atoms with Crippen molar-refractivity contribution in [1.29, 1.82) is 5.26 Å². The van der Waals surface area contributed by atoms with Gasteiger partial charge in [-0.15, -0.1) is 5.10 Å². The van der Waals surface area contributed by atoms with Crippen LogP contribution < -0.4 is 5.32 Å². The normalized spacial score (nSPS) is 10.5. The number of nitrogens with one attached hydrogen (secondary N) is 1. The third-order valence-corrected chi connectivity index (χ3v) is 3.68. The molecule has 0 atom stereocenters. The number of anilines is 2. The van der Waals surface area contributed by atoms with Gasteiger partial charge in [-0.1, -0.05) is 42.5 Å². The van der Waals surface area contributed by atoms with Gasteiger partial charge in [-0.2, -0.15) is 10.2 Å². The van der Waals surface area contributed by atoms with E-state index in [9.17, 15) is 0 Å². The van der Waals surface area contributed by atoms with Gasteiger partial charge >= 0.3 is 0 Å². The van der Waals surface area contributed by atoms with E-state index < -0.39 is 0 Å². The number of fused-ring (bicyclic) bond motifs is 1. The van der Waals surface area contributed by atoms with Gasteiger partial charge in [-0.05, 0) is 30.3 Å². The smallest absolute Gasteiger partial charge is 0.247 e. The van der Waals surface area contributed by atoms with E-state index in [1.807, 2.05) is 65.2 Å². The number of aromatic nitrogens is 3. The SMILES string of the molecule is N#Cc1cccc(Nc2nc3cccc(-c4ccccc4)n3n2)c1. The van der Waals surface area contributed by atoms with Crippen molar-refractivity contribution in [3.05, 3.63) is 78.4 Å². The molecule has 4 aromatic rings. The van der Waals surface area contributed by atoms with E-state index in [4.69, 9.17) is 5.26 Å². The number of hydrogen-bond acceptors (Lipinski definition) is 4. The molecule has 4 rings (SSSR count). The lowest BCUT2D eigenvalue weighted by Gasteiger charge is -2.03. The molecule has 0 amide bonds. The molecule has 0 saturated carbocycles. The summed E-state index contributed by atoms with van der Waals surface area (Å²) in [4.78, 5) is 4.51. The fourth-order valence-corrected chi connectivity index (χ4v) is 2.58. The van der Waals surface area contributed by atoms with Crippen LogP contribution in [0.1, 0.15) is 5.56 Å². The van der Waals surface area contributed by atoms with Gasteiger partial charge in [0, 0.05) is 11.3 Å². The Bertz CT molecular complexity index is 1040. The molecular formula is C19H13N5. The third-order valence-electron chi connectivity index (χ3n) is 3.68. The van der Waals surface area contributed by atoms with E-state index in [2.05, 4.69) is 21.5 Å². The van der Waals surface area contributed by atoms with Gasteiger partial charge < -0.3 is 5.32 Å². The maximum Gasteiger partial charge on any atom is 0.247 e. The quantitative estimate of drug-likeness (QED) is 0.621. The highest BCUT2D eigenvalue weighted by molar-refractivity contribution is 5.65. The van der Waals surface area contributed by atoms with E-state index in [1.165, 1.54) is 0 Å². The molecule has 0 spiro atoms. The van der Waals surface area contributed by atoms with Crippen LogP contribution in [0.5, 0.6) is 0 Å². The predicted molar refractivity (Wildman–Crippen MR) is 92.9 cm³/mol. The van der Waals surface area contributed by atoms with Crippen LogP contribution in [-0.4, -0.2) is 14.6 Å². The first-order chi connectivity index (χ1) is 11.8. The second-order valence-electron chi connectivity index (χ2n) is 5.30. The van der Waals surface area contributed by atoms with Crippen molar-refractivity contribution >= 4 is 17.3 Å². The van der Waals surface area contributed by atoms with Crippen molar-refractivity contribution in [2.45, 2.75) is 0 Å². The van der Waals surface area contributed by atoms with E-state index in [1.54, 1.807) is 12.1 Å². The minimum Gasteiger partial charge on any atom is -0.323 e. The first-order valence-corrected chi connectivity index (χ1v) is 7.52. The van der Waals surface area contributed by atoms with Crippen molar-refractivity contribution in [1.82, 2.24) is 14.6 Å². The Morgan fingerprint density at radius 2 is 1.75 bits per heavy atom. The van der Waals surface area contributed by atoms with Crippen LogP contribution in [0.3, 0.4) is 0 Å². The molecule has 114 valence electrons. The van der Waals surface area contributed by atoms with Crippen LogP contribution in [0.25, 0.3) is 16.9 Å². The summed E-state index contributed by atoms with van der Waals surface area (Å²) >= 11 is 0. The summed E-state index contributed by atoms with van der Waals surface area (Å²) in [5, 5.41) is 16.7. The molecule has 1 N–H and O–H groups in total. The number of nitrogens with zero attached hydrogens (tertiary/aromatic N) is 4. The fourth-order valence-electron chi connectivity index (χ4n) is 2.58. The molecule has 0 aliphatic carbocycles. The van der Waals surface area contributed by atoms with Crippen molar-refractivity contribution in [3.63, 3.8) is 0 Å². The lowest BCUT2D eigenvalue weighted by molar-refractivity contribution is 0.973. The minimum absolute atomic E-state index is 0.494. The average molecular weight is 311 g/mol. The van der Waals surface area contributed by atoms with Crippen LogP contribution in [-0.2, 0) is 0 Å². The lowest BCUT2D eigenvalue weighted by atomic mass is 10.1. The highest BCUT2D eigenvalue weighted by atomic mass is 15.4. The number of pyridine rings is 1. The van der Waals surface area contributed by atoms with Gasteiger partial charge in [0.25, 0.3) is 0 Å². The summed E-state index contributed by atoms with van der Waals surface area (Å²) in [6, 6.07) is 25.3. The number of nitriles is 1. The Balaban J connectivity index is 1.75. The Hall–Kier alpha value is -3.65. The van der Waals surface area contributed by atoms with Crippen LogP contribution >= 0.6 is 0 Å². The molecule has 24 heavy (non-hydrogen) atoms. The van der Waals surface area contributed by atoms with E-state index in [-0.39, 0.29) is 0 Å². The summed E-state index contributed by atoms with van der Waals surface area (Å²) in [5.41, 5.74) is 4.18.